The van der Waals surface area contributed by atoms with E-state index in [0.29, 0.717) is 45.3 Å². The number of aryl methyl sites for hydroxylation is 2. The van der Waals surface area contributed by atoms with Gasteiger partial charge < -0.3 is 4.57 Å². The molecule has 0 atom stereocenters. The van der Waals surface area contributed by atoms with Crippen molar-refractivity contribution in [3.63, 3.8) is 0 Å². The highest BCUT2D eigenvalue weighted by Gasteiger charge is 2.17. The zero-order valence-electron chi connectivity index (χ0n) is 16.0. The first-order valence-electron chi connectivity index (χ1n) is 9.28. The summed E-state index contributed by atoms with van der Waals surface area (Å²) in [7, 11) is 0. The summed E-state index contributed by atoms with van der Waals surface area (Å²) in [5.41, 5.74) is 2.20. The fourth-order valence-corrected chi connectivity index (χ4v) is 4.65. The van der Waals surface area contributed by atoms with Gasteiger partial charge in [0.15, 0.2) is 16.3 Å². The second kappa shape index (κ2) is 8.79. The standard InChI is InChI=1S/C21H17Cl2FN4OS/c1-2-27-12-25-18-19(29)26-21(28(20(18)27)16-7-5-15(24)6-8-16)30-10-9-13-3-4-14(22)11-17(13)23/h3-8,11-12H,2,9-10H2,1H3. The smallest absolute Gasteiger partial charge is 0.301 e. The van der Waals surface area contributed by atoms with Crippen molar-refractivity contribution in [2.75, 3.05) is 5.75 Å². The Morgan fingerprint density at radius 3 is 2.60 bits per heavy atom. The summed E-state index contributed by atoms with van der Waals surface area (Å²) in [6.07, 6.45) is 2.29. The molecule has 154 valence electrons. The van der Waals surface area contributed by atoms with Crippen molar-refractivity contribution in [1.29, 1.82) is 0 Å². The lowest BCUT2D eigenvalue weighted by Crippen LogP contribution is -2.17. The molecule has 2 aromatic heterocycles. The molecular formula is C21H17Cl2FN4OS. The highest BCUT2D eigenvalue weighted by molar-refractivity contribution is 7.99. The van der Waals surface area contributed by atoms with Gasteiger partial charge in [-0.1, -0.05) is 41.0 Å². The molecule has 4 rings (SSSR count). The molecule has 0 aliphatic carbocycles. The third-order valence-corrected chi connectivity index (χ3v) is 6.18. The average molecular weight is 463 g/mol. The van der Waals surface area contributed by atoms with Gasteiger partial charge in [-0.3, -0.25) is 9.36 Å². The Kier molecular flexibility index (Phi) is 6.13. The molecule has 0 spiro atoms. The molecule has 0 saturated heterocycles. The van der Waals surface area contributed by atoms with Gasteiger partial charge >= 0.3 is 5.56 Å². The number of hydrogen-bond donors (Lipinski definition) is 0. The van der Waals surface area contributed by atoms with E-state index in [0.717, 1.165) is 5.56 Å². The normalized spacial score (nSPS) is 11.3. The van der Waals surface area contributed by atoms with Crippen molar-refractivity contribution < 1.29 is 4.39 Å². The quantitative estimate of drug-likeness (QED) is 0.285. The van der Waals surface area contributed by atoms with Crippen molar-refractivity contribution in [2.45, 2.75) is 25.0 Å². The fourth-order valence-electron chi connectivity index (χ4n) is 3.17. The molecule has 9 heteroatoms. The number of benzene rings is 2. The molecule has 0 unspecified atom stereocenters. The Labute approximate surface area is 186 Å². The molecule has 2 heterocycles. The molecule has 0 aliphatic heterocycles. The lowest BCUT2D eigenvalue weighted by atomic mass is 10.2. The highest BCUT2D eigenvalue weighted by atomic mass is 35.5. The van der Waals surface area contributed by atoms with Crippen LogP contribution in [-0.2, 0) is 13.0 Å². The van der Waals surface area contributed by atoms with Gasteiger partial charge in [0.2, 0.25) is 0 Å². The number of halogens is 3. The lowest BCUT2D eigenvalue weighted by Gasteiger charge is -2.15. The third kappa shape index (κ3) is 4.10. The molecule has 30 heavy (non-hydrogen) atoms. The van der Waals surface area contributed by atoms with E-state index in [-0.39, 0.29) is 16.9 Å². The number of fused-ring (bicyclic) bond motifs is 1. The minimum absolute atomic E-state index is 0.284. The van der Waals surface area contributed by atoms with Crippen molar-refractivity contribution >= 4 is 46.1 Å². The van der Waals surface area contributed by atoms with Gasteiger partial charge in [0.05, 0.1) is 6.33 Å². The second-order valence-corrected chi connectivity index (χ2v) is 8.45. The third-order valence-electron chi connectivity index (χ3n) is 4.66. The zero-order valence-corrected chi connectivity index (χ0v) is 18.3. The van der Waals surface area contributed by atoms with Crippen LogP contribution in [0.1, 0.15) is 12.5 Å². The van der Waals surface area contributed by atoms with Crippen LogP contribution in [0.4, 0.5) is 4.39 Å². The summed E-state index contributed by atoms with van der Waals surface area (Å²) < 4.78 is 17.2. The molecule has 0 N–H and O–H groups in total. The van der Waals surface area contributed by atoms with Gasteiger partial charge in [-0.25, -0.2) is 9.37 Å². The summed E-state index contributed by atoms with van der Waals surface area (Å²) in [6.45, 7) is 2.60. The van der Waals surface area contributed by atoms with E-state index in [1.165, 1.54) is 23.9 Å². The molecule has 0 saturated carbocycles. The number of imidazole rings is 1. The first-order valence-corrected chi connectivity index (χ1v) is 11.0. The molecule has 0 amide bonds. The maximum atomic E-state index is 13.5. The fraction of sp³-hybridized carbons (Fsp3) is 0.190. The van der Waals surface area contributed by atoms with Crippen molar-refractivity contribution in [1.82, 2.24) is 19.1 Å². The number of hydrogen-bond acceptors (Lipinski definition) is 4. The van der Waals surface area contributed by atoms with Crippen LogP contribution in [0.25, 0.3) is 16.9 Å². The molecule has 0 bridgehead atoms. The maximum Gasteiger partial charge on any atom is 0.301 e. The van der Waals surface area contributed by atoms with Crippen LogP contribution in [0.3, 0.4) is 0 Å². The monoisotopic (exact) mass is 462 g/mol. The van der Waals surface area contributed by atoms with Crippen molar-refractivity contribution in [3.8, 4) is 5.69 Å². The SMILES string of the molecule is CCn1cnc2c(=O)nc(SCCc3ccc(Cl)cc3Cl)n(-c3ccc(F)cc3)c21. The predicted molar refractivity (Wildman–Crippen MR) is 120 cm³/mol. The molecule has 4 aromatic rings. The Morgan fingerprint density at radius 1 is 1.13 bits per heavy atom. The van der Waals surface area contributed by atoms with Gasteiger partial charge in [0.25, 0.3) is 0 Å². The van der Waals surface area contributed by atoms with E-state index in [2.05, 4.69) is 9.97 Å². The molecule has 0 aliphatic rings. The minimum atomic E-state index is -0.386. The van der Waals surface area contributed by atoms with Gasteiger partial charge in [-0.15, -0.1) is 0 Å². The molecular weight excluding hydrogens is 446 g/mol. The zero-order chi connectivity index (χ0) is 21.3. The van der Waals surface area contributed by atoms with Crippen molar-refractivity contribution in [2.24, 2.45) is 0 Å². The summed E-state index contributed by atoms with van der Waals surface area (Å²) in [4.78, 5) is 21.1. The number of nitrogens with zero attached hydrogens (tertiary/aromatic N) is 4. The van der Waals surface area contributed by atoms with Crippen LogP contribution >= 0.6 is 35.0 Å². The Morgan fingerprint density at radius 2 is 1.90 bits per heavy atom. The van der Waals surface area contributed by atoms with Gasteiger partial charge in [-0.05, 0) is 55.3 Å². The van der Waals surface area contributed by atoms with Crippen LogP contribution in [-0.4, -0.2) is 24.9 Å². The number of thioether (sulfide) groups is 1. The lowest BCUT2D eigenvalue weighted by molar-refractivity contribution is 0.627. The second-order valence-electron chi connectivity index (χ2n) is 6.55. The molecule has 0 fully saturated rings. The van der Waals surface area contributed by atoms with Crippen LogP contribution < -0.4 is 5.56 Å². The van der Waals surface area contributed by atoms with Gasteiger partial charge in [0, 0.05) is 28.0 Å². The van der Waals surface area contributed by atoms with Crippen LogP contribution in [0.5, 0.6) is 0 Å². The Hall–Kier alpha value is -2.35. The van der Waals surface area contributed by atoms with E-state index in [1.807, 2.05) is 22.1 Å². The van der Waals surface area contributed by atoms with Gasteiger partial charge in [0.1, 0.15) is 5.82 Å². The summed E-state index contributed by atoms with van der Waals surface area (Å²) in [6, 6.07) is 11.5. The van der Waals surface area contributed by atoms with E-state index >= 15 is 0 Å². The molecule has 5 nitrogen and oxygen atoms in total. The van der Waals surface area contributed by atoms with Crippen LogP contribution in [0, 0.1) is 5.82 Å². The summed E-state index contributed by atoms with van der Waals surface area (Å²) in [5.74, 6) is 0.306. The predicted octanol–water partition coefficient (Wildman–Crippen LogP) is 5.38. The summed E-state index contributed by atoms with van der Waals surface area (Å²) >= 11 is 13.7. The maximum absolute atomic E-state index is 13.5. The highest BCUT2D eigenvalue weighted by Crippen LogP contribution is 2.27. The largest absolute Gasteiger partial charge is 0.316 e. The van der Waals surface area contributed by atoms with E-state index in [4.69, 9.17) is 23.2 Å². The first kappa shape index (κ1) is 20.9. The summed E-state index contributed by atoms with van der Waals surface area (Å²) in [5, 5.41) is 1.70. The Bertz CT molecular complexity index is 1270. The molecule has 0 radical (unpaired) electrons. The topological polar surface area (TPSA) is 52.7 Å². The van der Waals surface area contributed by atoms with Crippen LogP contribution in [0.2, 0.25) is 10.0 Å². The first-order chi connectivity index (χ1) is 14.5. The van der Waals surface area contributed by atoms with Crippen LogP contribution in [0.15, 0.2) is 58.7 Å². The van der Waals surface area contributed by atoms with Crippen molar-refractivity contribution in [3.05, 3.63) is 80.6 Å². The van der Waals surface area contributed by atoms with E-state index < -0.39 is 0 Å². The Balaban J connectivity index is 1.75. The van der Waals surface area contributed by atoms with E-state index in [9.17, 15) is 9.18 Å². The van der Waals surface area contributed by atoms with E-state index in [1.54, 1.807) is 30.6 Å². The average Bonchev–Trinajstić information content (AvgIpc) is 3.15. The number of aromatic nitrogens is 4. The minimum Gasteiger partial charge on any atom is -0.316 e. The molecule has 2 aromatic carbocycles. The van der Waals surface area contributed by atoms with Gasteiger partial charge in [-0.2, -0.15) is 4.98 Å². The number of rotatable bonds is 6.